The van der Waals surface area contributed by atoms with Crippen LogP contribution in [0, 0.1) is 17.2 Å². The SMILES string of the molecule is Cn1nc(Cc2ccc(F)cc2Cl)n(CCC2CCC(C)(C)CC2)c1=O. The Morgan fingerprint density at radius 3 is 2.65 bits per heavy atom. The van der Waals surface area contributed by atoms with E-state index in [1.165, 1.54) is 42.5 Å². The first kappa shape index (κ1) is 19.2. The van der Waals surface area contributed by atoms with Gasteiger partial charge in [0, 0.05) is 25.0 Å². The molecule has 26 heavy (non-hydrogen) atoms. The maximum atomic E-state index is 13.3. The second kappa shape index (κ2) is 7.55. The Morgan fingerprint density at radius 2 is 2.00 bits per heavy atom. The van der Waals surface area contributed by atoms with Gasteiger partial charge in [-0.25, -0.2) is 13.9 Å². The van der Waals surface area contributed by atoms with Crippen LogP contribution in [-0.4, -0.2) is 14.3 Å². The van der Waals surface area contributed by atoms with Gasteiger partial charge in [0.05, 0.1) is 0 Å². The van der Waals surface area contributed by atoms with Gasteiger partial charge in [-0.15, -0.1) is 0 Å². The van der Waals surface area contributed by atoms with Crippen molar-refractivity contribution in [2.75, 3.05) is 0 Å². The molecule has 0 atom stereocenters. The minimum Gasteiger partial charge on any atom is -0.279 e. The molecule has 1 saturated carbocycles. The maximum Gasteiger partial charge on any atom is 0.345 e. The molecule has 4 nitrogen and oxygen atoms in total. The zero-order valence-corrected chi connectivity index (χ0v) is 16.5. The highest BCUT2D eigenvalue weighted by atomic mass is 35.5. The lowest BCUT2D eigenvalue weighted by molar-refractivity contribution is 0.181. The zero-order chi connectivity index (χ0) is 18.9. The molecule has 6 heteroatoms. The zero-order valence-electron chi connectivity index (χ0n) is 15.8. The molecule has 1 aromatic heterocycles. The molecule has 2 aromatic rings. The van der Waals surface area contributed by atoms with Crippen molar-refractivity contribution in [3.63, 3.8) is 0 Å². The van der Waals surface area contributed by atoms with Crippen molar-refractivity contribution in [2.24, 2.45) is 18.4 Å². The Labute approximate surface area is 159 Å². The summed E-state index contributed by atoms with van der Waals surface area (Å²) >= 11 is 6.14. The fourth-order valence-electron chi connectivity index (χ4n) is 3.81. The third-order valence-corrected chi connectivity index (χ3v) is 6.02. The summed E-state index contributed by atoms with van der Waals surface area (Å²) in [6, 6.07) is 4.34. The second-order valence-corrected chi connectivity index (χ2v) is 8.69. The minimum absolute atomic E-state index is 0.102. The lowest BCUT2D eigenvalue weighted by Gasteiger charge is -2.34. The van der Waals surface area contributed by atoms with Crippen molar-refractivity contribution in [1.29, 1.82) is 0 Å². The van der Waals surface area contributed by atoms with E-state index in [-0.39, 0.29) is 11.5 Å². The molecule has 1 aliphatic carbocycles. The number of rotatable bonds is 5. The third kappa shape index (κ3) is 4.37. The first-order valence-electron chi connectivity index (χ1n) is 9.32. The Kier molecular flexibility index (Phi) is 5.56. The molecule has 0 N–H and O–H groups in total. The van der Waals surface area contributed by atoms with Crippen molar-refractivity contribution >= 4 is 11.6 Å². The molecular formula is C20H27ClFN3O. The van der Waals surface area contributed by atoms with E-state index in [0.29, 0.717) is 35.1 Å². The number of hydrogen-bond donors (Lipinski definition) is 0. The van der Waals surface area contributed by atoms with Gasteiger partial charge in [-0.3, -0.25) is 4.57 Å². The molecule has 0 spiro atoms. The molecule has 1 heterocycles. The van der Waals surface area contributed by atoms with Crippen LogP contribution in [0.2, 0.25) is 5.02 Å². The second-order valence-electron chi connectivity index (χ2n) is 8.28. The number of halogens is 2. The molecule has 1 aliphatic rings. The van der Waals surface area contributed by atoms with Crippen molar-refractivity contribution in [2.45, 2.75) is 58.9 Å². The van der Waals surface area contributed by atoms with Gasteiger partial charge >= 0.3 is 5.69 Å². The van der Waals surface area contributed by atoms with Crippen molar-refractivity contribution in [3.05, 3.63) is 50.9 Å². The van der Waals surface area contributed by atoms with Gasteiger partial charge in [-0.1, -0.05) is 31.5 Å². The van der Waals surface area contributed by atoms with Gasteiger partial charge in [-0.05, 0) is 61.1 Å². The largest absolute Gasteiger partial charge is 0.345 e. The molecule has 0 unspecified atom stereocenters. The molecule has 3 rings (SSSR count). The van der Waals surface area contributed by atoms with E-state index in [1.54, 1.807) is 17.7 Å². The molecule has 0 bridgehead atoms. The monoisotopic (exact) mass is 379 g/mol. The predicted molar refractivity (Wildman–Crippen MR) is 102 cm³/mol. The molecule has 0 saturated heterocycles. The summed E-state index contributed by atoms with van der Waals surface area (Å²) < 4.78 is 16.4. The standard InChI is InChI=1S/C20H27ClFN3O/c1-20(2)9-6-14(7-10-20)8-11-25-18(23-24(3)19(25)26)12-15-4-5-16(22)13-17(15)21/h4-5,13-14H,6-12H2,1-3H3. The van der Waals surface area contributed by atoms with Crippen molar-refractivity contribution < 1.29 is 4.39 Å². The molecule has 0 radical (unpaired) electrons. The number of benzene rings is 1. The summed E-state index contributed by atoms with van der Waals surface area (Å²) in [4.78, 5) is 12.5. The van der Waals surface area contributed by atoms with E-state index in [1.807, 2.05) is 0 Å². The Bertz CT molecular complexity index is 830. The summed E-state index contributed by atoms with van der Waals surface area (Å²) in [6.45, 7) is 5.34. The first-order chi connectivity index (χ1) is 12.2. The Hall–Kier alpha value is -1.62. The van der Waals surface area contributed by atoms with Crippen LogP contribution < -0.4 is 5.69 Å². The molecular weight excluding hydrogens is 353 g/mol. The van der Waals surface area contributed by atoms with Crippen LogP contribution in [0.4, 0.5) is 4.39 Å². The fourth-order valence-corrected chi connectivity index (χ4v) is 4.04. The average Bonchev–Trinajstić information content (AvgIpc) is 2.83. The van der Waals surface area contributed by atoms with E-state index in [4.69, 9.17) is 11.6 Å². The summed E-state index contributed by atoms with van der Waals surface area (Å²) in [6.07, 6.45) is 6.36. The number of aryl methyl sites for hydroxylation is 1. The van der Waals surface area contributed by atoms with Crippen LogP contribution in [0.25, 0.3) is 0 Å². The van der Waals surface area contributed by atoms with Crippen LogP contribution >= 0.6 is 11.6 Å². The van der Waals surface area contributed by atoms with Crippen LogP contribution in [0.5, 0.6) is 0 Å². The maximum absolute atomic E-state index is 13.3. The van der Waals surface area contributed by atoms with E-state index in [0.717, 1.165) is 12.0 Å². The first-order valence-corrected chi connectivity index (χ1v) is 9.69. The predicted octanol–water partition coefficient (Wildman–Crippen LogP) is 4.57. The number of nitrogens with zero attached hydrogens (tertiary/aromatic N) is 3. The average molecular weight is 380 g/mol. The number of aromatic nitrogens is 3. The highest BCUT2D eigenvalue weighted by molar-refractivity contribution is 6.31. The summed E-state index contributed by atoms with van der Waals surface area (Å²) in [7, 11) is 1.66. The number of hydrogen-bond acceptors (Lipinski definition) is 2. The molecule has 0 amide bonds. The Balaban J connectivity index is 1.72. The van der Waals surface area contributed by atoms with Crippen LogP contribution in [0.15, 0.2) is 23.0 Å². The smallest absolute Gasteiger partial charge is 0.279 e. The highest BCUT2D eigenvalue weighted by Gasteiger charge is 2.27. The molecule has 1 fully saturated rings. The van der Waals surface area contributed by atoms with Gasteiger partial charge in [0.1, 0.15) is 11.6 Å². The minimum atomic E-state index is -0.364. The molecule has 142 valence electrons. The normalized spacial score (nSPS) is 17.6. The fraction of sp³-hybridized carbons (Fsp3) is 0.600. The van der Waals surface area contributed by atoms with Gasteiger partial charge in [0.15, 0.2) is 0 Å². The lowest BCUT2D eigenvalue weighted by Crippen LogP contribution is -2.26. The lowest BCUT2D eigenvalue weighted by atomic mass is 9.72. The highest BCUT2D eigenvalue weighted by Crippen LogP contribution is 2.39. The quantitative estimate of drug-likeness (QED) is 0.763. The van der Waals surface area contributed by atoms with Crippen molar-refractivity contribution in [3.8, 4) is 0 Å². The molecule has 1 aromatic carbocycles. The van der Waals surface area contributed by atoms with Crippen LogP contribution in [0.3, 0.4) is 0 Å². The van der Waals surface area contributed by atoms with Gasteiger partial charge in [-0.2, -0.15) is 5.10 Å². The van der Waals surface area contributed by atoms with Gasteiger partial charge in [0.2, 0.25) is 0 Å². The van der Waals surface area contributed by atoms with Gasteiger partial charge < -0.3 is 0 Å². The Morgan fingerprint density at radius 1 is 1.31 bits per heavy atom. The summed E-state index contributed by atoms with van der Waals surface area (Å²) in [5.74, 6) is 0.983. The van der Waals surface area contributed by atoms with E-state index < -0.39 is 0 Å². The topological polar surface area (TPSA) is 39.8 Å². The van der Waals surface area contributed by atoms with Crippen LogP contribution in [-0.2, 0) is 20.0 Å². The third-order valence-electron chi connectivity index (χ3n) is 5.67. The molecule has 0 aliphatic heterocycles. The van der Waals surface area contributed by atoms with Gasteiger partial charge in [0.25, 0.3) is 0 Å². The van der Waals surface area contributed by atoms with E-state index in [2.05, 4.69) is 18.9 Å². The van der Waals surface area contributed by atoms with Crippen molar-refractivity contribution in [1.82, 2.24) is 14.3 Å². The van der Waals surface area contributed by atoms with E-state index >= 15 is 0 Å². The van der Waals surface area contributed by atoms with E-state index in [9.17, 15) is 9.18 Å². The summed E-state index contributed by atoms with van der Waals surface area (Å²) in [5.41, 5.74) is 1.13. The van der Waals surface area contributed by atoms with Crippen LogP contribution in [0.1, 0.15) is 57.3 Å². The summed E-state index contributed by atoms with van der Waals surface area (Å²) in [5, 5.41) is 4.74.